The Morgan fingerprint density at radius 1 is 1.62 bits per heavy atom. The summed E-state index contributed by atoms with van der Waals surface area (Å²) in [7, 11) is 1.66. The number of hydrogen-bond acceptors (Lipinski definition) is 2. The molecule has 0 radical (unpaired) electrons. The fourth-order valence-electron chi connectivity index (χ4n) is 0.998. The Labute approximate surface area is 49.5 Å². The van der Waals surface area contributed by atoms with Crippen molar-refractivity contribution in [2.75, 3.05) is 13.7 Å². The van der Waals surface area contributed by atoms with E-state index in [0.717, 1.165) is 12.8 Å². The zero-order valence-electron chi connectivity index (χ0n) is 5.18. The van der Waals surface area contributed by atoms with Gasteiger partial charge in [0.2, 0.25) is 0 Å². The zero-order chi connectivity index (χ0) is 6.04. The minimum atomic E-state index is -0.139. The molecule has 0 saturated heterocycles. The summed E-state index contributed by atoms with van der Waals surface area (Å²) < 4.78 is 5.07. The summed E-state index contributed by atoms with van der Waals surface area (Å²) >= 11 is 0. The molecule has 48 valence electrons. The summed E-state index contributed by atoms with van der Waals surface area (Å²) in [6.07, 6.45) is 3.26. The van der Waals surface area contributed by atoms with Gasteiger partial charge in [-0.15, -0.1) is 0 Å². The summed E-state index contributed by atoms with van der Waals surface area (Å²) in [5, 5.41) is 8.71. The van der Waals surface area contributed by atoms with Crippen LogP contribution in [0.25, 0.3) is 0 Å². The third-order valence-electron chi connectivity index (χ3n) is 1.99. The van der Waals surface area contributed by atoms with Gasteiger partial charge in [-0.2, -0.15) is 0 Å². The van der Waals surface area contributed by atoms with Crippen LogP contribution in [0.3, 0.4) is 0 Å². The summed E-state index contributed by atoms with van der Waals surface area (Å²) in [5.74, 6) is 0. The minimum Gasteiger partial charge on any atom is -0.393 e. The Kier molecular flexibility index (Phi) is 1.54. The first-order valence-electron chi connectivity index (χ1n) is 2.99. The van der Waals surface area contributed by atoms with Crippen molar-refractivity contribution in [3.8, 4) is 0 Å². The van der Waals surface area contributed by atoms with Gasteiger partial charge in [-0.25, -0.2) is 0 Å². The molecule has 1 aliphatic rings. The molecule has 0 spiro atoms. The fourth-order valence-corrected chi connectivity index (χ4v) is 0.998. The summed E-state index contributed by atoms with van der Waals surface area (Å²) in [6.45, 7) is 0.184. The smallest absolute Gasteiger partial charge is 0.0908 e. The van der Waals surface area contributed by atoms with Crippen LogP contribution in [-0.2, 0) is 4.74 Å². The molecule has 2 heteroatoms. The molecular weight excluding hydrogens is 104 g/mol. The maximum atomic E-state index is 8.71. The van der Waals surface area contributed by atoms with Crippen molar-refractivity contribution in [3.63, 3.8) is 0 Å². The summed E-state index contributed by atoms with van der Waals surface area (Å²) in [4.78, 5) is 0. The van der Waals surface area contributed by atoms with Gasteiger partial charge in [0, 0.05) is 7.11 Å². The highest BCUT2D eigenvalue weighted by atomic mass is 16.5. The molecule has 1 fully saturated rings. The Balaban J connectivity index is 2.33. The molecule has 1 rings (SSSR count). The van der Waals surface area contributed by atoms with Crippen LogP contribution in [0.2, 0.25) is 0 Å². The second-order valence-corrected chi connectivity index (χ2v) is 2.40. The predicted octanol–water partition coefficient (Wildman–Crippen LogP) is 0.548. The first-order chi connectivity index (χ1) is 3.83. The van der Waals surface area contributed by atoms with Crippen LogP contribution in [0.4, 0.5) is 0 Å². The van der Waals surface area contributed by atoms with E-state index in [0.29, 0.717) is 0 Å². The molecule has 0 aliphatic heterocycles. The van der Waals surface area contributed by atoms with E-state index in [2.05, 4.69) is 0 Å². The molecule has 0 amide bonds. The molecule has 1 saturated carbocycles. The lowest BCUT2D eigenvalue weighted by molar-refractivity contribution is -0.104. The number of hydrogen-bond donors (Lipinski definition) is 1. The normalized spacial score (nSPS) is 24.8. The van der Waals surface area contributed by atoms with Crippen molar-refractivity contribution in [1.29, 1.82) is 0 Å². The van der Waals surface area contributed by atoms with Gasteiger partial charge >= 0.3 is 0 Å². The Hall–Kier alpha value is -0.0800. The SMILES string of the molecule is COC1(CO)CCC1. The first kappa shape index (κ1) is 6.05. The van der Waals surface area contributed by atoms with Crippen molar-refractivity contribution < 1.29 is 9.84 Å². The maximum Gasteiger partial charge on any atom is 0.0908 e. The molecule has 0 aromatic carbocycles. The number of rotatable bonds is 2. The van der Waals surface area contributed by atoms with Crippen molar-refractivity contribution in [1.82, 2.24) is 0 Å². The van der Waals surface area contributed by atoms with Crippen LogP contribution in [-0.4, -0.2) is 24.4 Å². The molecule has 0 unspecified atom stereocenters. The van der Waals surface area contributed by atoms with Crippen molar-refractivity contribution in [3.05, 3.63) is 0 Å². The fraction of sp³-hybridized carbons (Fsp3) is 1.00. The second kappa shape index (κ2) is 2.03. The molecule has 1 aliphatic carbocycles. The van der Waals surface area contributed by atoms with Crippen LogP contribution in [0.5, 0.6) is 0 Å². The van der Waals surface area contributed by atoms with Crippen molar-refractivity contribution in [2.45, 2.75) is 24.9 Å². The van der Waals surface area contributed by atoms with E-state index in [4.69, 9.17) is 9.84 Å². The quantitative estimate of drug-likeness (QED) is 0.570. The molecular formula is C6H12O2. The number of aliphatic hydroxyl groups excluding tert-OH is 1. The van der Waals surface area contributed by atoms with Crippen LogP contribution < -0.4 is 0 Å². The van der Waals surface area contributed by atoms with Gasteiger partial charge in [0.1, 0.15) is 0 Å². The van der Waals surface area contributed by atoms with Crippen molar-refractivity contribution >= 4 is 0 Å². The van der Waals surface area contributed by atoms with Gasteiger partial charge in [0.15, 0.2) is 0 Å². The molecule has 0 atom stereocenters. The van der Waals surface area contributed by atoms with Gasteiger partial charge in [0.05, 0.1) is 12.2 Å². The molecule has 1 N–H and O–H groups in total. The molecule has 0 aromatic rings. The highest BCUT2D eigenvalue weighted by Gasteiger charge is 2.35. The van der Waals surface area contributed by atoms with E-state index >= 15 is 0 Å². The molecule has 0 aromatic heterocycles. The lowest BCUT2D eigenvalue weighted by Gasteiger charge is -2.38. The highest BCUT2D eigenvalue weighted by Crippen LogP contribution is 2.33. The van der Waals surface area contributed by atoms with Gasteiger partial charge in [-0.05, 0) is 19.3 Å². The average Bonchev–Trinajstić information content (AvgIpc) is 1.67. The lowest BCUT2D eigenvalue weighted by Crippen LogP contribution is -2.42. The molecule has 0 heterocycles. The summed E-state index contributed by atoms with van der Waals surface area (Å²) in [5.41, 5.74) is -0.139. The van der Waals surface area contributed by atoms with Crippen molar-refractivity contribution in [2.24, 2.45) is 0 Å². The second-order valence-electron chi connectivity index (χ2n) is 2.40. The van der Waals surface area contributed by atoms with Crippen LogP contribution in [0.15, 0.2) is 0 Å². The standard InChI is InChI=1S/C6H12O2/c1-8-6(5-7)3-2-4-6/h7H,2-5H2,1H3. The van der Waals surface area contributed by atoms with Crippen LogP contribution in [0.1, 0.15) is 19.3 Å². The number of aliphatic hydroxyl groups is 1. The van der Waals surface area contributed by atoms with E-state index < -0.39 is 0 Å². The summed E-state index contributed by atoms with van der Waals surface area (Å²) in [6, 6.07) is 0. The van der Waals surface area contributed by atoms with E-state index in [1.807, 2.05) is 0 Å². The van der Waals surface area contributed by atoms with Crippen LogP contribution >= 0.6 is 0 Å². The molecule has 0 bridgehead atoms. The largest absolute Gasteiger partial charge is 0.393 e. The number of methoxy groups -OCH3 is 1. The van der Waals surface area contributed by atoms with Crippen LogP contribution in [0, 0.1) is 0 Å². The van der Waals surface area contributed by atoms with Gasteiger partial charge in [0.25, 0.3) is 0 Å². The Bertz CT molecular complexity index is 63.1. The lowest BCUT2D eigenvalue weighted by atomic mass is 9.81. The van der Waals surface area contributed by atoms with Gasteiger partial charge < -0.3 is 9.84 Å². The van der Waals surface area contributed by atoms with E-state index in [1.165, 1.54) is 6.42 Å². The van der Waals surface area contributed by atoms with E-state index in [1.54, 1.807) is 7.11 Å². The Morgan fingerprint density at radius 2 is 2.25 bits per heavy atom. The van der Waals surface area contributed by atoms with Gasteiger partial charge in [-0.1, -0.05) is 0 Å². The molecule has 8 heavy (non-hydrogen) atoms. The predicted molar refractivity (Wildman–Crippen MR) is 30.7 cm³/mol. The topological polar surface area (TPSA) is 29.5 Å². The maximum absolute atomic E-state index is 8.71. The van der Waals surface area contributed by atoms with Gasteiger partial charge in [-0.3, -0.25) is 0 Å². The Morgan fingerprint density at radius 3 is 2.25 bits per heavy atom. The van der Waals surface area contributed by atoms with E-state index in [9.17, 15) is 0 Å². The molecule has 2 nitrogen and oxygen atoms in total. The zero-order valence-corrected chi connectivity index (χ0v) is 5.18. The third kappa shape index (κ3) is 0.740. The third-order valence-corrected chi connectivity index (χ3v) is 1.99. The number of ether oxygens (including phenoxy) is 1. The van der Waals surface area contributed by atoms with E-state index in [-0.39, 0.29) is 12.2 Å². The minimum absolute atomic E-state index is 0.139. The highest BCUT2D eigenvalue weighted by molar-refractivity contribution is 4.88. The average molecular weight is 116 g/mol. The first-order valence-corrected chi connectivity index (χ1v) is 2.99. The monoisotopic (exact) mass is 116 g/mol.